The topological polar surface area (TPSA) is 73.9 Å². The van der Waals surface area contributed by atoms with Gasteiger partial charge in [0.05, 0.1) is 25.9 Å². The summed E-state index contributed by atoms with van der Waals surface area (Å²) in [5, 5.41) is 3.28. The largest absolute Gasteiger partial charge is 0.493 e. The van der Waals surface area contributed by atoms with Crippen molar-refractivity contribution < 1.29 is 23.8 Å². The van der Waals surface area contributed by atoms with E-state index in [1.165, 1.54) is 0 Å². The molecule has 0 fully saturated rings. The summed E-state index contributed by atoms with van der Waals surface area (Å²) in [4.78, 5) is 25.6. The molecule has 3 rings (SSSR count). The third-order valence-electron chi connectivity index (χ3n) is 5.09. The van der Waals surface area contributed by atoms with Gasteiger partial charge in [0.2, 0.25) is 0 Å². The van der Waals surface area contributed by atoms with Crippen LogP contribution in [-0.2, 0) is 14.3 Å². The molecule has 150 valence electrons. The number of rotatable bonds is 6. The summed E-state index contributed by atoms with van der Waals surface area (Å²) >= 11 is 0. The van der Waals surface area contributed by atoms with E-state index in [9.17, 15) is 9.59 Å². The Balaban J connectivity index is 2.16. The Morgan fingerprint density at radius 3 is 2.64 bits per heavy atom. The minimum atomic E-state index is -0.479. The van der Waals surface area contributed by atoms with E-state index in [2.05, 4.69) is 5.32 Å². The van der Waals surface area contributed by atoms with Crippen molar-refractivity contribution in [3.8, 4) is 11.5 Å². The number of esters is 1. The highest BCUT2D eigenvalue weighted by Crippen LogP contribution is 2.44. The Labute approximate surface area is 165 Å². The molecule has 1 atom stereocenters. The van der Waals surface area contributed by atoms with Crippen LogP contribution in [0.1, 0.15) is 51.5 Å². The fraction of sp³-hybridized carbons (Fsp3) is 0.455. The molecule has 1 aromatic carbocycles. The summed E-state index contributed by atoms with van der Waals surface area (Å²) in [6.45, 7) is 6.32. The molecule has 0 unspecified atom stereocenters. The molecular formula is C22H27NO5. The summed E-state index contributed by atoms with van der Waals surface area (Å²) in [5.41, 5.74) is 3.57. The Hall–Kier alpha value is -2.76. The first-order chi connectivity index (χ1) is 13.5. The fourth-order valence-corrected chi connectivity index (χ4v) is 3.93. The van der Waals surface area contributed by atoms with E-state index in [-0.39, 0.29) is 12.4 Å². The number of benzene rings is 1. The maximum atomic E-state index is 12.8. The number of Topliss-reactive ketones (excluding diaryl/α,β-unsaturated/α-hetero) is 1. The molecule has 28 heavy (non-hydrogen) atoms. The van der Waals surface area contributed by atoms with E-state index in [4.69, 9.17) is 14.2 Å². The van der Waals surface area contributed by atoms with Crippen LogP contribution in [0.25, 0.3) is 0 Å². The number of methoxy groups -OCH3 is 1. The number of allylic oxidation sites excluding steroid dienone is 3. The number of ketones is 1. The predicted octanol–water partition coefficient (Wildman–Crippen LogP) is 3.62. The number of carbonyl (C=O) groups is 2. The van der Waals surface area contributed by atoms with Crippen LogP contribution in [0.2, 0.25) is 0 Å². The molecule has 0 bridgehead atoms. The summed E-state index contributed by atoms with van der Waals surface area (Å²) in [6.07, 6.45) is 2.09. The molecule has 0 aromatic heterocycles. The van der Waals surface area contributed by atoms with Crippen LogP contribution in [-0.4, -0.2) is 32.1 Å². The van der Waals surface area contributed by atoms with Gasteiger partial charge < -0.3 is 19.5 Å². The highest BCUT2D eigenvalue weighted by atomic mass is 16.5. The maximum absolute atomic E-state index is 12.8. The van der Waals surface area contributed by atoms with Crippen LogP contribution in [0.5, 0.6) is 11.5 Å². The van der Waals surface area contributed by atoms with Gasteiger partial charge in [-0.25, -0.2) is 4.79 Å². The Morgan fingerprint density at radius 1 is 1.18 bits per heavy atom. The minimum Gasteiger partial charge on any atom is -0.493 e. The third-order valence-corrected chi connectivity index (χ3v) is 5.09. The number of nitrogens with one attached hydrogen (secondary N) is 1. The van der Waals surface area contributed by atoms with Crippen molar-refractivity contribution in [2.45, 2.75) is 46.0 Å². The predicted molar refractivity (Wildman–Crippen MR) is 105 cm³/mol. The smallest absolute Gasteiger partial charge is 0.336 e. The molecule has 1 N–H and O–H groups in total. The van der Waals surface area contributed by atoms with E-state index in [1.807, 2.05) is 32.0 Å². The average Bonchev–Trinajstić information content (AvgIpc) is 2.67. The molecule has 1 heterocycles. The summed E-state index contributed by atoms with van der Waals surface area (Å²) < 4.78 is 16.4. The van der Waals surface area contributed by atoms with E-state index in [1.54, 1.807) is 14.0 Å². The van der Waals surface area contributed by atoms with Crippen LogP contribution >= 0.6 is 0 Å². The lowest BCUT2D eigenvalue weighted by atomic mass is 9.75. The summed E-state index contributed by atoms with van der Waals surface area (Å²) in [6, 6.07) is 5.56. The molecule has 1 aliphatic carbocycles. The van der Waals surface area contributed by atoms with E-state index < -0.39 is 11.9 Å². The Morgan fingerprint density at radius 2 is 1.96 bits per heavy atom. The van der Waals surface area contributed by atoms with Crippen molar-refractivity contribution in [3.05, 3.63) is 46.3 Å². The molecule has 0 spiro atoms. The first-order valence-corrected chi connectivity index (χ1v) is 9.73. The van der Waals surface area contributed by atoms with Gasteiger partial charge >= 0.3 is 5.97 Å². The van der Waals surface area contributed by atoms with Crippen molar-refractivity contribution in [1.82, 2.24) is 5.32 Å². The van der Waals surface area contributed by atoms with Crippen LogP contribution in [0.15, 0.2) is 40.7 Å². The SMILES string of the molecule is CCOC(=O)C1=C(C)NC2=C(C(=O)CCC2)[C@@H]1c1ccc(OCC)c(OC)c1. The quantitative estimate of drug-likeness (QED) is 0.754. The number of hydrogen-bond donors (Lipinski definition) is 1. The van der Waals surface area contributed by atoms with Crippen molar-refractivity contribution >= 4 is 11.8 Å². The van der Waals surface area contributed by atoms with Crippen LogP contribution in [0.3, 0.4) is 0 Å². The van der Waals surface area contributed by atoms with Crippen LogP contribution < -0.4 is 14.8 Å². The molecule has 6 heteroatoms. The van der Waals surface area contributed by atoms with Gasteiger partial charge in [0.1, 0.15) is 0 Å². The van der Waals surface area contributed by atoms with Gasteiger partial charge in [0, 0.05) is 29.3 Å². The van der Waals surface area contributed by atoms with Gasteiger partial charge in [-0.1, -0.05) is 6.07 Å². The average molecular weight is 385 g/mol. The van der Waals surface area contributed by atoms with Crippen molar-refractivity contribution in [2.24, 2.45) is 0 Å². The number of dihydropyridines is 1. The molecule has 0 radical (unpaired) electrons. The standard InChI is InChI=1S/C22H27NO5/c1-5-27-17-11-10-14(12-18(17)26-4)20-19(22(25)28-6-2)13(3)23-15-8-7-9-16(24)21(15)20/h10-12,20,23H,5-9H2,1-4H3/t20-/m1/s1. The zero-order valence-electron chi connectivity index (χ0n) is 16.9. The maximum Gasteiger partial charge on any atom is 0.336 e. The lowest BCUT2D eigenvalue weighted by molar-refractivity contribution is -0.138. The zero-order chi connectivity index (χ0) is 20.3. The van der Waals surface area contributed by atoms with Crippen LogP contribution in [0.4, 0.5) is 0 Å². The number of carbonyl (C=O) groups excluding carboxylic acids is 2. The summed E-state index contributed by atoms with van der Waals surface area (Å²) in [5.74, 6) is 0.387. The van der Waals surface area contributed by atoms with Gasteiger partial charge in [-0.2, -0.15) is 0 Å². The zero-order valence-corrected chi connectivity index (χ0v) is 16.9. The van der Waals surface area contributed by atoms with Gasteiger partial charge in [-0.15, -0.1) is 0 Å². The Bertz CT molecular complexity index is 852. The van der Waals surface area contributed by atoms with Crippen molar-refractivity contribution in [3.63, 3.8) is 0 Å². The second-order valence-electron chi connectivity index (χ2n) is 6.83. The number of hydrogen-bond acceptors (Lipinski definition) is 6. The van der Waals surface area contributed by atoms with Crippen molar-refractivity contribution in [2.75, 3.05) is 20.3 Å². The monoisotopic (exact) mass is 385 g/mol. The van der Waals surface area contributed by atoms with E-state index in [0.29, 0.717) is 35.7 Å². The van der Waals surface area contributed by atoms with Gasteiger partial charge in [-0.3, -0.25) is 4.79 Å². The number of ether oxygens (including phenoxy) is 3. The molecule has 0 saturated heterocycles. The second-order valence-corrected chi connectivity index (χ2v) is 6.83. The normalized spacial score (nSPS) is 19.1. The molecule has 1 aliphatic heterocycles. The molecule has 1 aromatic rings. The third kappa shape index (κ3) is 3.63. The molecule has 2 aliphatic rings. The first-order valence-electron chi connectivity index (χ1n) is 9.73. The van der Waals surface area contributed by atoms with Gasteiger partial charge in [0.15, 0.2) is 17.3 Å². The highest BCUT2D eigenvalue weighted by molar-refractivity contribution is 6.03. The van der Waals surface area contributed by atoms with E-state index in [0.717, 1.165) is 29.8 Å². The van der Waals surface area contributed by atoms with Crippen molar-refractivity contribution in [1.29, 1.82) is 0 Å². The van der Waals surface area contributed by atoms with Gasteiger partial charge in [0.25, 0.3) is 0 Å². The molecule has 0 saturated carbocycles. The molecule has 0 amide bonds. The first kappa shape index (κ1) is 20.0. The highest BCUT2D eigenvalue weighted by Gasteiger charge is 2.39. The molecular weight excluding hydrogens is 358 g/mol. The summed E-state index contributed by atoms with van der Waals surface area (Å²) in [7, 11) is 1.58. The Kier molecular flexibility index (Phi) is 6.07. The second kappa shape index (κ2) is 8.50. The van der Waals surface area contributed by atoms with Crippen LogP contribution in [0, 0.1) is 0 Å². The lowest BCUT2D eigenvalue weighted by Gasteiger charge is -2.34. The van der Waals surface area contributed by atoms with Gasteiger partial charge in [-0.05, 0) is 51.3 Å². The van der Waals surface area contributed by atoms with E-state index >= 15 is 0 Å². The molecule has 6 nitrogen and oxygen atoms in total. The lowest BCUT2D eigenvalue weighted by Crippen LogP contribution is -2.34. The fourth-order valence-electron chi connectivity index (χ4n) is 3.93. The minimum absolute atomic E-state index is 0.0703.